The van der Waals surface area contributed by atoms with Gasteiger partial charge in [0.05, 0.1) is 6.20 Å². The lowest BCUT2D eigenvalue weighted by atomic mass is 9.74. The number of halogens is 2. The summed E-state index contributed by atoms with van der Waals surface area (Å²) in [5.41, 5.74) is 3.35. The van der Waals surface area contributed by atoms with E-state index >= 15 is 0 Å². The van der Waals surface area contributed by atoms with Crippen LogP contribution in [0.25, 0.3) is 0 Å². The summed E-state index contributed by atoms with van der Waals surface area (Å²) in [5, 5.41) is 7.21. The first-order valence-corrected chi connectivity index (χ1v) is 12.7. The third kappa shape index (κ3) is 6.69. The van der Waals surface area contributed by atoms with Crippen LogP contribution in [0.1, 0.15) is 76.0 Å². The van der Waals surface area contributed by atoms with Gasteiger partial charge in [-0.3, -0.25) is 0 Å². The van der Waals surface area contributed by atoms with Crippen LogP contribution >= 0.6 is 0 Å². The lowest BCUT2D eigenvalue weighted by Crippen LogP contribution is -2.45. The van der Waals surface area contributed by atoms with Gasteiger partial charge >= 0.3 is 0 Å². The highest BCUT2D eigenvalue weighted by Crippen LogP contribution is 2.38. The van der Waals surface area contributed by atoms with Gasteiger partial charge in [0.2, 0.25) is 0 Å². The molecule has 1 fully saturated rings. The Kier molecular flexibility index (Phi) is 7.90. The van der Waals surface area contributed by atoms with Crippen LogP contribution < -0.4 is 10.6 Å². The van der Waals surface area contributed by atoms with E-state index in [0.717, 1.165) is 31.9 Å². The normalized spacial score (nSPS) is 16.7. The van der Waals surface area contributed by atoms with E-state index in [-0.39, 0.29) is 17.0 Å². The van der Waals surface area contributed by atoms with Crippen LogP contribution in [0.2, 0.25) is 0 Å². The molecular formula is C29H37F2N3O. The van der Waals surface area contributed by atoms with Gasteiger partial charge in [-0.15, -0.1) is 0 Å². The Bertz CT molecular complexity index is 1070. The number of hydrogen-bond acceptors (Lipinski definition) is 4. The molecule has 1 heterocycles. The van der Waals surface area contributed by atoms with Crippen LogP contribution in [0.3, 0.4) is 0 Å². The van der Waals surface area contributed by atoms with Crippen LogP contribution in [0.5, 0.6) is 0 Å². The van der Waals surface area contributed by atoms with E-state index in [0.29, 0.717) is 18.0 Å². The maximum absolute atomic E-state index is 13.8. The van der Waals surface area contributed by atoms with Crippen LogP contribution in [-0.4, -0.2) is 17.6 Å². The van der Waals surface area contributed by atoms with Gasteiger partial charge in [-0.25, -0.2) is 13.8 Å². The van der Waals surface area contributed by atoms with Crippen molar-refractivity contribution in [2.75, 3.05) is 11.9 Å². The number of nitrogens with zero attached hydrogens (tertiary/aromatic N) is 1. The molecule has 0 bridgehead atoms. The lowest BCUT2D eigenvalue weighted by Gasteiger charge is -2.40. The molecule has 1 aromatic heterocycles. The van der Waals surface area contributed by atoms with Gasteiger partial charge in [0.25, 0.3) is 6.01 Å². The molecule has 0 spiro atoms. The number of benzene rings is 2. The fourth-order valence-electron chi connectivity index (χ4n) is 5.20. The molecule has 1 atom stereocenters. The van der Waals surface area contributed by atoms with Crippen molar-refractivity contribution in [3.63, 3.8) is 0 Å². The molecule has 1 unspecified atom stereocenters. The maximum Gasteiger partial charge on any atom is 0.294 e. The Hall–Kier alpha value is -2.73. The van der Waals surface area contributed by atoms with E-state index in [4.69, 9.17) is 4.42 Å². The second-order valence-corrected chi connectivity index (χ2v) is 10.8. The zero-order valence-electron chi connectivity index (χ0n) is 21.0. The molecule has 188 valence electrons. The van der Waals surface area contributed by atoms with Crippen molar-refractivity contribution in [1.29, 1.82) is 0 Å². The highest BCUT2D eigenvalue weighted by molar-refractivity contribution is 5.34. The zero-order chi connectivity index (χ0) is 24.9. The van der Waals surface area contributed by atoms with Crippen molar-refractivity contribution in [2.45, 2.75) is 82.7 Å². The Balaban J connectivity index is 1.50. The van der Waals surface area contributed by atoms with Gasteiger partial charge in [-0.05, 0) is 66.5 Å². The Morgan fingerprint density at radius 1 is 1.03 bits per heavy atom. The minimum atomic E-state index is -0.562. The van der Waals surface area contributed by atoms with E-state index in [1.807, 2.05) is 0 Å². The first kappa shape index (κ1) is 25.4. The van der Waals surface area contributed by atoms with Crippen molar-refractivity contribution in [3.05, 3.63) is 83.2 Å². The van der Waals surface area contributed by atoms with E-state index in [9.17, 15) is 8.78 Å². The van der Waals surface area contributed by atoms with Crippen molar-refractivity contribution in [1.82, 2.24) is 10.3 Å². The number of aromatic nitrogens is 1. The van der Waals surface area contributed by atoms with Crippen LogP contribution in [-0.2, 0) is 17.4 Å². The van der Waals surface area contributed by atoms with Crippen LogP contribution in [0.4, 0.5) is 14.8 Å². The number of oxazole rings is 1. The van der Waals surface area contributed by atoms with Crippen LogP contribution in [0.15, 0.2) is 59.3 Å². The summed E-state index contributed by atoms with van der Waals surface area (Å²) < 4.78 is 33.0. The molecule has 4 nitrogen and oxygen atoms in total. The van der Waals surface area contributed by atoms with Gasteiger partial charge in [0.15, 0.2) is 0 Å². The molecule has 3 aromatic rings. The predicted molar refractivity (Wildman–Crippen MR) is 137 cm³/mol. The fraction of sp³-hybridized carbons (Fsp3) is 0.483. The summed E-state index contributed by atoms with van der Waals surface area (Å²) in [5.74, 6) is -1.12. The molecule has 1 aliphatic carbocycles. The largest absolute Gasteiger partial charge is 0.432 e. The third-order valence-electron chi connectivity index (χ3n) is 7.11. The first-order valence-electron chi connectivity index (χ1n) is 12.7. The Morgan fingerprint density at radius 3 is 2.43 bits per heavy atom. The van der Waals surface area contributed by atoms with Crippen LogP contribution in [0, 0.1) is 11.6 Å². The molecule has 0 amide bonds. The number of nitrogens with one attached hydrogen (secondary N) is 2. The van der Waals surface area contributed by atoms with Gasteiger partial charge < -0.3 is 15.1 Å². The molecule has 2 N–H and O–H groups in total. The monoisotopic (exact) mass is 481 g/mol. The average Bonchev–Trinajstić information content (AvgIpc) is 3.32. The molecule has 0 aliphatic heterocycles. The lowest BCUT2D eigenvalue weighted by molar-refractivity contribution is 0.231. The van der Waals surface area contributed by atoms with Gasteiger partial charge in [0.1, 0.15) is 17.9 Å². The second kappa shape index (κ2) is 10.9. The standard InChI is InChI=1S/C29H37F2N3O/c1-28(2,3)22-8-7-9-23(19-22)29(11-5-4-6-12-29)33-13-10-26(34-27-32-14-15-35-27)18-21-16-24(30)20-25(31)17-21/h7-9,14-17,19-20,26,33H,4-6,10-13,18H2,1-3H3,(H,32,34). The third-order valence-corrected chi connectivity index (χ3v) is 7.11. The van der Waals surface area contributed by atoms with Crippen molar-refractivity contribution >= 4 is 6.01 Å². The molecule has 2 aromatic carbocycles. The molecule has 1 saturated carbocycles. The second-order valence-electron chi connectivity index (χ2n) is 10.8. The topological polar surface area (TPSA) is 50.1 Å². The summed E-state index contributed by atoms with van der Waals surface area (Å²) in [6.07, 6.45) is 10.2. The van der Waals surface area contributed by atoms with E-state index in [2.05, 4.69) is 60.7 Å². The maximum atomic E-state index is 13.8. The Morgan fingerprint density at radius 2 is 1.77 bits per heavy atom. The van der Waals surface area contributed by atoms with Crippen molar-refractivity contribution in [3.8, 4) is 0 Å². The summed E-state index contributed by atoms with van der Waals surface area (Å²) in [7, 11) is 0. The van der Waals surface area contributed by atoms with Crippen molar-refractivity contribution < 1.29 is 13.2 Å². The molecule has 1 aliphatic rings. The Labute approximate surface area is 207 Å². The molecule has 0 radical (unpaired) electrons. The van der Waals surface area contributed by atoms with Gasteiger partial charge in [0, 0.05) is 17.6 Å². The smallest absolute Gasteiger partial charge is 0.294 e. The van der Waals surface area contributed by atoms with Crippen molar-refractivity contribution in [2.24, 2.45) is 0 Å². The number of hydrogen-bond donors (Lipinski definition) is 2. The quantitative estimate of drug-likeness (QED) is 0.342. The first-order chi connectivity index (χ1) is 16.7. The number of rotatable bonds is 9. The zero-order valence-corrected chi connectivity index (χ0v) is 21.0. The summed E-state index contributed by atoms with van der Waals surface area (Å²) in [6.45, 7) is 7.51. The summed E-state index contributed by atoms with van der Waals surface area (Å²) >= 11 is 0. The number of anilines is 1. The molecule has 4 rings (SSSR count). The minimum absolute atomic E-state index is 0.0576. The molecule has 0 saturated heterocycles. The molecule has 6 heteroatoms. The van der Waals surface area contributed by atoms with E-state index in [1.54, 1.807) is 6.20 Å². The predicted octanol–water partition coefficient (Wildman–Crippen LogP) is 7.11. The SMILES string of the molecule is CC(C)(C)c1cccc(C2(NCCC(Cc3cc(F)cc(F)c3)Nc3ncco3)CCCCC2)c1. The summed E-state index contributed by atoms with van der Waals surface area (Å²) in [4.78, 5) is 4.18. The summed E-state index contributed by atoms with van der Waals surface area (Å²) in [6, 6.07) is 13.0. The fourth-order valence-corrected chi connectivity index (χ4v) is 5.20. The molecular weight excluding hydrogens is 444 g/mol. The minimum Gasteiger partial charge on any atom is -0.432 e. The highest BCUT2D eigenvalue weighted by Gasteiger charge is 2.34. The van der Waals surface area contributed by atoms with E-state index in [1.165, 1.54) is 48.8 Å². The molecule has 35 heavy (non-hydrogen) atoms. The van der Waals surface area contributed by atoms with Gasteiger partial charge in [-0.2, -0.15) is 0 Å². The highest BCUT2D eigenvalue weighted by atomic mass is 19.1. The van der Waals surface area contributed by atoms with E-state index < -0.39 is 11.6 Å². The van der Waals surface area contributed by atoms with Gasteiger partial charge in [-0.1, -0.05) is 64.3 Å². The average molecular weight is 482 g/mol.